The first-order valence-corrected chi connectivity index (χ1v) is 8.62. The number of rotatable bonds is 4. The number of nitrogens with zero attached hydrogens (tertiary/aromatic N) is 7. The van der Waals surface area contributed by atoms with E-state index in [1.807, 2.05) is 42.6 Å². The Kier molecular flexibility index (Phi) is 4.58. The molecule has 0 bridgehead atoms. The van der Waals surface area contributed by atoms with E-state index in [0.717, 1.165) is 49.9 Å². The monoisotopic (exact) mass is 345 g/mol. The van der Waals surface area contributed by atoms with Crippen LogP contribution in [0.4, 0.5) is 5.82 Å². The zero-order valence-electron chi connectivity index (χ0n) is 14.4. The Morgan fingerprint density at radius 2 is 1.81 bits per heavy atom. The van der Waals surface area contributed by atoms with Gasteiger partial charge in [0.05, 0.1) is 23.1 Å². The number of nitriles is 1. The van der Waals surface area contributed by atoms with Gasteiger partial charge in [0.1, 0.15) is 11.9 Å². The largest absolute Gasteiger partial charge is 0.353 e. The summed E-state index contributed by atoms with van der Waals surface area (Å²) in [6.45, 7) is 4.27. The second kappa shape index (κ2) is 7.33. The molecule has 0 amide bonds. The molecule has 1 fully saturated rings. The summed E-state index contributed by atoms with van der Waals surface area (Å²) in [5, 5.41) is 17.8. The van der Waals surface area contributed by atoms with E-state index in [1.54, 1.807) is 16.9 Å². The Labute approximate surface area is 152 Å². The molecular formula is C19H19N7. The quantitative estimate of drug-likeness (QED) is 0.718. The van der Waals surface area contributed by atoms with Gasteiger partial charge in [-0.25, -0.2) is 9.67 Å². The van der Waals surface area contributed by atoms with E-state index in [2.05, 4.69) is 31.2 Å². The number of hydrogen-bond acceptors (Lipinski definition) is 6. The molecule has 0 atom stereocenters. The van der Waals surface area contributed by atoms with Gasteiger partial charge in [-0.1, -0.05) is 23.4 Å². The van der Waals surface area contributed by atoms with Gasteiger partial charge in [0.15, 0.2) is 0 Å². The van der Waals surface area contributed by atoms with E-state index in [0.29, 0.717) is 5.56 Å². The summed E-state index contributed by atoms with van der Waals surface area (Å²) in [5.74, 6) is 0.782. The number of benzene rings is 1. The summed E-state index contributed by atoms with van der Waals surface area (Å²) < 4.78 is 1.80. The Balaban J connectivity index is 1.37. The van der Waals surface area contributed by atoms with E-state index in [4.69, 9.17) is 0 Å². The fourth-order valence-electron chi connectivity index (χ4n) is 3.16. The summed E-state index contributed by atoms with van der Waals surface area (Å²) >= 11 is 0. The molecule has 1 aliphatic heterocycles. The lowest BCUT2D eigenvalue weighted by atomic mass is 10.2. The fourth-order valence-corrected chi connectivity index (χ4v) is 3.16. The van der Waals surface area contributed by atoms with Crippen LogP contribution < -0.4 is 4.90 Å². The summed E-state index contributed by atoms with van der Waals surface area (Å²) in [6.07, 6.45) is 3.72. The highest BCUT2D eigenvalue weighted by atomic mass is 15.4. The van der Waals surface area contributed by atoms with Crippen LogP contribution >= 0.6 is 0 Å². The van der Waals surface area contributed by atoms with Crippen molar-refractivity contribution in [2.75, 3.05) is 31.1 Å². The highest BCUT2D eigenvalue weighted by Gasteiger charge is 2.21. The van der Waals surface area contributed by atoms with Gasteiger partial charge in [-0.2, -0.15) is 5.26 Å². The van der Waals surface area contributed by atoms with Crippen LogP contribution in [0.1, 0.15) is 11.3 Å². The van der Waals surface area contributed by atoms with Crippen LogP contribution in [-0.2, 0) is 6.54 Å². The van der Waals surface area contributed by atoms with Crippen LogP contribution in [0.25, 0.3) is 5.69 Å². The lowest BCUT2D eigenvalue weighted by Crippen LogP contribution is -2.46. The maximum atomic E-state index is 9.25. The van der Waals surface area contributed by atoms with Gasteiger partial charge in [0.2, 0.25) is 0 Å². The topological polar surface area (TPSA) is 73.9 Å². The van der Waals surface area contributed by atoms with Crippen molar-refractivity contribution in [1.82, 2.24) is 24.9 Å². The number of pyridine rings is 1. The van der Waals surface area contributed by atoms with Gasteiger partial charge >= 0.3 is 0 Å². The SMILES string of the molecule is N#Cc1cccnc1N1CCN(Cc2cn(-c3ccccc3)nn2)CC1. The molecule has 7 nitrogen and oxygen atoms in total. The van der Waals surface area contributed by atoms with Crippen molar-refractivity contribution in [2.45, 2.75) is 6.54 Å². The van der Waals surface area contributed by atoms with Crippen LogP contribution in [0.5, 0.6) is 0 Å². The minimum atomic E-state index is 0.631. The van der Waals surface area contributed by atoms with Gasteiger partial charge in [-0.3, -0.25) is 4.90 Å². The second-order valence-corrected chi connectivity index (χ2v) is 6.24. The predicted molar refractivity (Wildman–Crippen MR) is 97.8 cm³/mol. The lowest BCUT2D eigenvalue weighted by molar-refractivity contribution is 0.246. The Bertz CT molecular complexity index is 905. The molecule has 26 heavy (non-hydrogen) atoms. The van der Waals surface area contributed by atoms with Crippen LogP contribution in [0.2, 0.25) is 0 Å². The molecule has 2 aromatic heterocycles. The van der Waals surface area contributed by atoms with Gasteiger partial charge in [-0.05, 0) is 24.3 Å². The Morgan fingerprint density at radius 1 is 1.00 bits per heavy atom. The van der Waals surface area contributed by atoms with E-state index in [1.165, 1.54) is 0 Å². The van der Waals surface area contributed by atoms with Crippen molar-refractivity contribution >= 4 is 5.82 Å². The molecule has 0 aliphatic carbocycles. The second-order valence-electron chi connectivity index (χ2n) is 6.24. The summed E-state index contributed by atoms with van der Waals surface area (Å²) in [6, 6.07) is 15.8. The first kappa shape index (κ1) is 16.2. The lowest BCUT2D eigenvalue weighted by Gasteiger charge is -2.35. The van der Waals surface area contributed by atoms with Crippen molar-refractivity contribution in [1.29, 1.82) is 5.26 Å². The smallest absolute Gasteiger partial charge is 0.146 e. The number of para-hydroxylation sites is 1. The Hall–Kier alpha value is -3.24. The first-order valence-electron chi connectivity index (χ1n) is 8.62. The molecule has 1 aliphatic rings. The van der Waals surface area contributed by atoms with Crippen molar-refractivity contribution in [3.63, 3.8) is 0 Å². The van der Waals surface area contributed by atoms with Crippen molar-refractivity contribution in [3.8, 4) is 11.8 Å². The van der Waals surface area contributed by atoms with E-state index in [-0.39, 0.29) is 0 Å². The predicted octanol–water partition coefficient (Wildman–Crippen LogP) is 1.86. The summed E-state index contributed by atoms with van der Waals surface area (Å²) in [5.41, 5.74) is 2.60. The van der Waals surface area contributed by atoms with Crippen LogP contribution in [-0.4, -0.2) is 51.1 Å². The molecule has 0 spiro atoms. The third kappa shape index (κ3) is 3.41. The molecule has 130 valence electrons. The van der Waals surface area contributed by atoms with Gasteiger partial charge in [-0.15, -0.1) is 5.10 Å². The Morgan fingerprint density at radius 3 is 2.58 bits per heavy atom. The third-order valence-corrected chi connectivity index (χ3v) is 4.53. The molecule has 7 heteroatoms. The molecule has 3 heterocycles. The molecular weight excluding hydrogens is 326 g/mol. The molecule has 0 unspecified atom stereocenters. The highest BCUT2D eigenvalue weighted by molar-refractivity contribution is 5.53. The first-order chi connectivity index (χ1) is 12.8. The molecule has 0 N–H and O–H groups in total. The third-order valence-electron chi connectivity index (χ3n) is 4.53. The molecule has 1 saturated heterocycles. The molecule has 1 aromatic carbocycles. The minimum Gasteiger partial charge on any atom is -0.353 e. The standard InChI is InChI=1S/C19H19N7/c20-13-16-5-4-8-21-19(16)25-11-9-24(10-12-25)14-17-15-26(23-22-17)18-6-2-1-3-7-18/h1-8,15H,9-12,14H2. The molecule has 4 rings (SSSR count). The van der Waals surface area contributed by atoms with Gasteiger partial charge in [0.25, 0.3) is 0 Å². The van der Waals surface area contributed by atoms with Crippen LogP contribution in [0.3, 0.4) is 0 Å². The zero-order valence-corrected chi connectivity index (χ0v) is 14.4. The van der Waals surface area contributed by atoms with E-state index < -0.39 is 0 Å². The van der Waals surface area contributed by atoms with Gasteiger partial charge < -0.3 is 4.90 Å². The fraction of sp³-hybridized carbons (Fsp3) is 0.263. The zero-order chi connectivity index (χ0) is 17.8. The highest BCUT2D eigenvalue weighted by Crippen LogP contribution is 2.18. The number of aromatic nitrogens is 4. The van der Waals surface area contributed by atoms with Crippen LogP contribution in [0.15, 0.2) is 54.9 Å². The molecule has 0 radical (unpaired) electrons. The maximum Gasteiger partial charge on any atom is 0.146 e. The van der Waals surface area contributed by atoms with E-state index in [9.17, 15) is 5.26 Å². The van der Waals surface area contributed by atoms with Crippen molar-refractivity contribution < 1.29 is 0 Å². The number of piperazine rings is 1. The maximum absolute atomic E-state index is 9.25. The van der Waals surface area contributed by atoms with Gasteiger partial charge in [0, 0.05) is 38.9 Å². The summed E-state index contributed by atoms with van der Waals surface area (Å²) in [4.78, 5) is 8.91. The van der Waals surface area contributed by atoms with E-state index >= 15 is 0 Å². The number of anilines is 1. The summed E-state index contributed by atoms with van der Waals surface area (Å²) in [7, 11) is 0. The average Bonchev–Trinajstić information content (AvgIpc) is 3.18. The van der Waals surface area contributed by atoms with Crippen molar-refractivity contribution in [3.05, 3.63) is 66.1 Å². The number of hydrogen-bond donors (Lipinski definition) is 0. The van der Waals surface area contributed by atoms with Crippen LogP contribution in [0, 0.1) is 11.3 Å². The normalized spacial score (nSPS) is 15.0. The average molecular weight is 345 g/mol. The van der Waals surface area contributed by atoms with Crippen molar-refractivity contribution in [2.24, 2.45) is 0 Å². The molecule has 0 saturated carbocycles. The molecule has 3 aromatic rings. The minimum absolute atomic E-state index is 0.631.